The third-order valence-electron chi connectivity index (χ3n) is 3.45. The minimum absolute atomic E-state index is 0.194. The van der Waals surface area contributed by atoms with Crippen LogP contribution < -0.4 is 0 Å². The summed E-state index contributed by atoms with van der Waals surface area (Å²) >= 11 is 0. The van der Waals surface area contributed by atoms with Crippen LogP contribution in [0.4, 0.5) is 8.78 Å². The Morgan fingerprint density at radius 2 is 2.13 bits per heavy atom. The first-order valence-electron chi connectivity index (χ1n) is 7.24. The Bertz CT molecular complexity index is 761. The first-order valence-corrected chi connectivity index (χ1v) is 7.24. The van der Waals surface area contributed by atoms with E-state index < -0.39 is 11.6 Å². The first-order chi connectivity index (χ1) is 11.2. The van der Waals surface area contributed by atoms with Gasteiger partial charge in [-0.1, -0.05) is 17.0 Å². The maximum atomic E-state index is 14.2. The number of benzene rings is 1. The van der Waals surface area contributed by atoms with Crippen LogP contribution in [-0.4, -0.2) is 22.4 Å². The van der Waals surface area contributed by atoms with Gasteiger partial charge in [0.15, 0.2) is 0 Å². The Kier molecular flexibility index (Phi) is 4.38. The van der Waals surface area contributed by atoms with Gasteiger partial charge in [0.05, 0.1) is 18.4 Å². The SMILES string of the molecule is CO/N=C(\Cn1ccnc1)c1cc(F)c(C#CC2CC2)c(F)c1. The Hall–Kier alpha value is -2.68. The summed E-state index contributed by atoms with van der Waals surface area (Å²) in [6.07, 6.45) is 6.94. The van der Waals surface area contributed by atoms with Crippen LogP contribution in [0.15, 0.2) is 36.0 Å². The highest BCUT2D eigenvalue weighted by Crippen LogP contribution is 2.28. The summed E-state index contributed by atoms with van der Waals surface area (Å²) in [5.41, 5.74) is 0.512. The number of rotatable bonds is 4. The van der Waals surface area contributed by atoms with Crippen molar-refractivity contribution < 1.29 is 13.6 Å². The van der Waals surface area contributed by atoms with Gasteiger partial charge in [-0.3, -0.25) is 0 Å². The summed E-state index contributed by atoms with van der Waals surface area (Å²) in [5.74, 6) is 4.36. The summed E-state index contributed by atoms with van der Waals surface area (Å²) in [5, 5.41) is 3.86. The number of imidazole rings is 1. The van der Waals surface area contributed by atoms with Gasteiger partial charge in [0.25, 0.3) is 0 Å². The van der Waals surface area contributed by atoms with Crippen LogP contribution in [-0.2, 0) is 11.4 Å². The maximum Gasteiger partial charge on any atom is 0.142 e. The van der Waals surface area contributed by atoms with Crippen molar-refractivity contribution in [3.8, 4) is 11.8 Å². The minimum Gasteiger partial charge on any atom is -0.399 e. The third-order valence-corrected chi connectivity index (χ3v) is 3.45. The number of hydrogen-bond donors (Lipinski definition) is 0. The summed E-state index contributed by atoms with van der Waals surface area (Å²) in [6.45, 7) is 0.291. The molecule has 118 valence electrons. The predicted octanol–water partition coefficient (Wildman–Crippen LogP) is 2.97. The molecule has 0 bridgehead atoms. The lowest BCUT2D eigenvalue weighted by atomic mass is 10.1. The van der Waals surface area contributed by atoms with Crippen molar-refractivity contribution in [1.82, 2.24) is 9.55 Å². The van der Waals surface area contributed by atoms with Crippen LogP contribution in [0.1, 0.15) is 24.0 Å². The molecule has 23 heavy (non-hydrogen) atoms. The summed E-state index contributed by atoms with van der Waals surface area (Å²) in [7, 11) is 1.39. The molecule has 1 aliphatic carbocycles. The van der Waals surface area contributed by atoms with E-state index in [4.69, 9.17) is 4.84 Å². The quantitative estimate of drug-likeness (QED) is 0.494. The molecule has 4 nitrogen and oxygen atoms in total. The van der Waals surface area contributed by atoms with Gasteiger partial charge in [0.1, 0.15) is 24.5 Å². The molecule has 0 N–H and O–H groups in total. The molecule has 1 fully saturated rings. The van der Waals surface area contributed by atoms with Crippen LogP contribution in [0.3, 0.4) is 0 Å². The van der Waals surface area contributed by atoms with Gasteiger partial charge in [-0.15, -0.1) is 0 Å². The molecule has 1 heterocycles. The van der Waals surface area contributed by atoms with Gasteiger partial charge < -0.3 is 9.40 Å². The van der Waals surface area contributed by atoms with Crippen molar-refractivity contribution in [2.45, 2.75) is 19.4 Å². The molecule has 3 rings (SSSR count). The smallest absolute Gasteiger partial charge is 0.142 e. The molecule has 0 unspecified atom stereocenters. The van der Waals surface area contributed by atoms with Crippen molar-refractivity contribution in [3.05, 3.63) is 53.6 Å². The van der Waals surface area contributed by atoms with E-state index in [1.165, 1.54) is 19.2 Å². The lowest BCUT2D eigenvalue weighted by Crippen LogP contribution is -2.12. The van der Waals surface area contributed by atoms with E-state index in [2.05, 4.69) is 22.0 Å². The fourth-order valence-electron chi connectivity index (χ4n) is 2.10. The molecule has 0 spiro atoms. The molecule has 0 atom stereocenters. The van der Waals surface area contributed by atoms with E-state index in [9.17, 15) is 8.78 Å². The molecule has 1 saturated carbocycles. The number of halogens is 2. The van der Waals surface area contributed by atoms with Gasteiger partial charge in [-0.2, -0.15) is 0 Å². The van der Waals surface area contributed by atoms with Gasteiger partial charge in [-0.25, -0.2) is 13.8 Å². The van der Waals surface area contributed by atoms with E-state index in [1.807, 2.05) is 0 Å². The first kappa shape index (κ1) is 15.2. The van der Waals surface area contributed by atoms with E-state index in [-0.39, 0.29) is 11.5 Å². The van der Waals surface area contributed by atoms with E-state index >= 15 is 0 Å². The highest BCUT2D eigenvalue weighted by molar-refractivity contribution is 6.00. The normalized spacial score (nSPS) is 14.3. The van der Waals surface area contributed by atoms with Gasteiger partial charge in [-0.05, 0) is 25.0 Å². The van der Waals surface area contributed by atoms with Crippen molar-refractivity contribution >= 4 is 5.71 Å². The molecule has 0 amide bonds. The zero-order valence-corrected chi connectivity index (χ0v) is 12.6. The van der Waals surface area contributed by atoms with Crippen molar-refractivity contribution in [1.29, 1.82) is 0 Å². The second-order valence-electron chi connectivity index (χ2n) is 5.31. The van der Waals surface area contributed by atoms with Gasteiger partial charge in [0, 0.05) is 23.9 Å². The monoisotopic (exact) mass is 315 g/mol. The zero-order valence-electron chi connectivity index (χ0n) is 12.6. The second-order valence-corrected chi connectivity index (χ2v) is 5.31. The average Bonchev–Trinajstić information content (AvgIpc) is 3.20. The Labute approximate surface area is 132 Å². The van der Waals surface area contributed by atoms with Gasteiger partial charge >= 0.3 is 0 Å². The lowest BCUT2D eigenvalue weighted by molar-refractivity contribution is 0.212. The van der Waals surface area contributed by atoms with Crippen molar-refractivity contribution in [2.75, 3.05) is 7.11 Å². The fourth-order valence-corrected chi connectivity index (χ4v) is 2.10. The largest absolute Gasteiger partial charge is 0.399 e. The summed E-state index contributed by atoms with van der Waals surface area (Å²) < 4.78 is 30.1. The molecule has 1 aromatic carbocycles. The summed E-state index contributed by atoms with van der Waals surface area (Å²) in [6, 6.07) is 2.46. The molecule has 6 heteroatoms. The molecule has 2 aromatic rings. The number of hydrogen-bond acceptors (Lipinski definition) is 3. The van der Waals surface area contributed by atoms with E-state index in [1.54, 1.807) is 23.3 Å². The Morgan fingerprint density at radius 1 is 1.39 bits per heavy atom. The van der Waals surface area contributed by atoms with E-state index in [0.29, 0.717) is 17.8 Å². The van der Waals surface area contributed by atoms with Crippen LogP contribution in [0, 0.1) is 29.4 Å². The standard InChI is InChI=1S/C17H15F2N3O/c1-23-21-17(10-22-7-6-20-11-22)13-8-15(18)14(16(19)9-13)5-4-12-2-3-12/h6-9,11-12H,2-3,10H2,1H3/b21-17+. The predicted molar refractivity (Wildman–Crippen MR) is 81.7 cm³/mol. The summed E-state index contributed by atoms with van der Waals surface area (Å²) in [4.78, 5) is 8.71. The molecule has 1 aromatic heterocycles. The highest BCUT2D eigenvalue weighted by Gasteiger charge is 2.19. The second kappa shape index (κ2) is 6.61. The maximum absolute atomic E-state index is 14.2. The number of nitrogens with zero attached hydrogens (tertiary/aromatic N) is 3. The Balaban J connectivity index is 1.91. The minimum atomic E-state index is -0.692. The van der Waals surface area contributed by atoms with Gasteiger partial charge in [0.2, 0.25) is 0 Å². The van der Waals surface area contributed by atoms with Crippen LogP contribution in [0.2, 0.25) is 0 Å². The fraction of sp³-hybridized carbons (Fsp3) is 0.294. The lowest BCUT2D eigenvalue weighted by Gasteiger charge is -2.08. The van der Waals surface area contributed by atoms with Crippen LogP contribution in [0.5, 0.6) is 0 Å². The number of aromatic nitrogens is 2. The molecule has 0 radical (unpaired) electrons. The topological polar surface area (TPSA) is 39.4 Å². The number of oxime groups is 1. The molecule has 0 aliphatic heterocycles. The third kappa shape index (κ3) is 3.75. The molecule has 0 saturated heterocycles. The van der Waals surface area contributed by atoms with Crippen molar-refractivity contribution in [2.24, 2.45) is 11.1 Å². The van der Waals surface area contributed by atoms with E-state index in [0.717, 1.165) is 12.8 Å². The highest BCUT2D eigenvalue weighted by atomic mass is 19.1. The van der Waals surface area contributed by atoms with Crippen LogP contribution in [0.25, 0.3) is 0 Å². The average molecular weight is 315 g/mol. The molecule has 1 aliphatic rings. The molecular formula is C17H15F2N3O. The Morgan fingerprint density at radius 3 is 2.70 bits per heavy atom. The van der Waals surface area contributed by atoms with Crippen molar-refractivity contribution in [3.63, 3.8) is 0 Å². The zero-order chi connectivity index (χ0) is 16.2. The molecular weight excluding hydrogens is 300 g/mol. The van der Waals surface area contributed by atoms with Crippen LogP contribution >= 0.6 is 0 Å².